The van der Waals surface area contributed by atoms with Crippen LogP contribution in [0.3, 0.4) is 0 Å². The Morgan fingerprint density at radius 3 is 2.85 bits per heavy atom. The first-order valence-electron chi connectivity index (χ1n) is 6.49. The van der Waals surface area contributed by atoms with Crippen molar-refractivity contribution in [2.24, 2.45) is 0 Å². The summed E-state index contributed by atoms with van der Waals surface area (Å²) in [6.07, 6.45) is 0.738. The van der Waals surface area contributed by atoms with Gasteiger partial charge in [0, 0.05) is 12.2 Å². The molecule has 1 aromatic heterocycles. The lowest BCUT2D eigenvalue weighted by atomic mass is 10.2. The summed E-state index contributed by atoms with van der Waals surface area (Å²) >= 11 is 6.10. The second kappa shape index (κ2) is 7.33. The summed E-state index contributed by atoms with van der Waals surface area (Å²) < 4.78 is 10.9. The zero-order valence-electron chi connectivity index (χ0n) is 11.4. The van der Waals surface area contributed by atoms with E-state index >= 15 is 0 Å². The smallest absolute Gasteiger partial charge is 0.137 e. The van der Waals surface area contributed by atoms with Gasteiger partial charge >= 0.3 is 0 Å². The Morgan fingerprint density at radius 1 is 1.30 bits per heavy atom. The van der Waals surface area contributed by atoms with Crippen molar-refractivity contribution in [3.63, 3.8) is 0 Å². The van der Waals surface area contributed by atoms with Gasteiger partial charge < -0.3 is 19.6 Å². The average Bonchev–Trinajstić information content (AvgIpc) is 2.92. The molecule has 0 aliphatic rings. The predicted molar refractivity (Wildman–Crippen MR) is 79.1 cm³/mol. The fourth-order valence-electron chi connectivity index (χ4n) is 1.86. The van der Waals surface area contributed by atoms with E-state index < -0.39 is 0 Å². The summed E-state index contributed by atoms with van der Waals surface area (Å²) in [4.78, 5) is 0. The van der Waals surface area contributed by atoms with E-state index in [1.54, 1.807) is 7.11 Å². The first-order chi connectivity index (χ1) is 9.74. The minimum Gasteiger partial charge on any atom is -0.495 e. The molecule has 0 unspecified atom stereocenters. The summed E-state index contributed by atoms with van der Waals surface area (Å²) in [5.41, 5.74) is 0.914. The van der Waals surface area contributed by atoms with Crippen molar-refractivity contribution in [2.75, 3.05) is 20.3 Å². The fourth-order valence-corrected chi connectivity index (χ4v) is 2.12. The van der Waals surface area contributed by atoms with Gasteiger partial charge in [-0.05, 0) is 43.3 Å². The van der Waals surface area contributed by atoms with Crippen molar-refractivity contribution in [3.8, 4) is 17.1 Å². The van der Waals surface area contributed by atoms with E-state index in [0.717, 1.165) is 30.0 Å². The van der Waals surface area contributed by atoms with Crippen LogP contribution in [0.25, 0.3) is 11.3 Å². The van der Waals surface area contributed by atoms with Crippen molar-refractivity contribution >= 4 is 11.6 Å². The van der Waals surface area contributed by atoms with Crippen LogP contribution in [0.1, 0.15) is 12.2 Å². The van der Waals surface area contributed by atoms with E-state index in [1.807, 2.05) is 30.3 Å². The second-order valence-corrected chi connectivity index (χ2v) is 4.78. The summed E-state index contributed by atoms with van der Waals surface area (Å²) in [5, 5.41) is 12.5. The number of hydrogen-bond donors (Lipinski definition) is 2. The molecule has 1 heterocycles. The van der Waals surface area contributed by atoms with Crippen molar-refractivity contribution < 1.29 is 14.3 Å². The third kappa shape index (κ3) is 3.76. The van der Waals surface area contributed by atoms with Crippen molar-refractivity contribution in [3.05, 3.63) is 41.1 Å². The zero-order valence-corrected chi connectivity index (χ0v) is 12.1. The molecule has 0 aliphatic heterocycles. The highest BCUT2D eigenvalue weighted by Gasteiger charge is 2.08. The number of hydrogen-bond acceptors (Lipinski definition) is 4. The van der Waals surface area contributed by atoms with Crippen molar-refractivity contribution in [2.45, 2.75) is 13.0 Å². The molecule has 0 saturated heterocycles. The molecular formula is C15H18ClNO3. The van der Waals surface area contributed by atoms with Crippen LogP contribution in [-0.2, 0) is 6.54 Å². The van der Waals surface area contributed by atoms with E-state index in [-0.39, 0.29) is 6.61 Å². The van der Waals surface area contributed by atoms with E-state index in [2.05, 4.69) is 5.32 Å². The molecule has 20 heavy (non-hydrogen) atoms. The first-order valence-corrected chi connectivity index (χ1v) is 6.86. The van der Waals surface area contributed by atoms with Crippen LogP contribution in [0.4, 0.5) is 0 Å². The summed E-state index contributed by atoms with van der Waals surface area (Å²) in [5.74, 6) is 2.27. The standard InChI is InChI=1S/C15H18ClNO3/c1-19-15-5-3-11(9-13(15)16)14-6-4-12(20-14)10-17-7-2-8-18/h3-6,9,17-18H,2,7-8,10H2,1H3. The lowest BCUT2D eigenvalue weighted by Gasteiger charge is -2.04. The van der Waals surface area contributed by atoms with Gasteiger partial charge in [-0.25, -0.2) is 0 Å². The van der Waals surface area contributed by atoms with E-state index in [4.69, 9.17) is 25.9 Å². The van der Waals surface area contributed by atoms with Gasteiger partial charge in [0.25, 0.3) is 0 Å². The highest BCUT2D eigenvalue weighted by molar-refractivity contribution is 6.32. The van der Waals surface area contributed by atoms with Gasteiger partial charge in [0.15, 0.2) is 0 Å². The molecule has 1 aromatic carbocycles. The van der Waals surface area contributed by atoms with Gasteiger partial charge in [-0.1, -0.05) is 11.6 Å². The average molecular weight is 296 g/mol. The number of methoxy groups -OCH3 is 1. The maximum Gasteiger partial charge on any atom is 0.137 e. The summed E-state index contributed by atoms with van der Waals surface area (Å²) in [7, 11) is 1.59. The monoisotopic (exact) mass is 295 g/mol. The Labute approximate surface area is 123 Å². The number of nitrogens with one attached hydrogen (secondary N) is 1. The maximum atomic E-state index is 8.70. The molecule has 0 amide bonds. The van der Waals surface area contributed by atoms with Gasteiger partial charge in [-0.3, -0.25) is 0 Å². The van der Waals surface area contributed by atoms with Gasteiger partial charge in [0.05, 0.1) is 18.7 Å². The van der Waals surface area contributed by atoms with Gasteiger partial charge in [-0.2, -0.15) is 0 Å². The topological polar surface area (TPSA) is 54.6 Å². The van der Waals surface area contributed by atoms with E-state index in [9.17, 15) is 0 Å². The minimum atomic E-state index is 0.195. The molecule has 2 N–H and O–H groups in total. The lowest BCUT2D eigenvalue weighted by Crippen LogP contribution is -2.15. The number of furan rings is 1. The Morgan fingerprint density at radius 2 is 2.15 bits per heavy atom. The largest absolute Gasteiger partial charge is 0.495 e. The fraction of sp³-hybridized carbons (Fsp3) is 0.333. The third-order valence-electron chi connectivity index (χ3n) is 2.91. The van der Waals surface area contributed by atoms with Gasteiger partial charge in [0.2, 0.25) is 0 Å². The second-order valence-electron chi connectivity index (χ2n) is 4.37. The van der Waals surface area contributed by atoms with Crippen LogP contribution in [0, 0.1) is 0 Å². The van der Waals surface area contributed by atoms with Crippen LogP contribution in [0.5, 0.6) is 5.75 Å². The number of benzene rings is 1. The summed E-state index contributed by atoms with van der Waals surface area (Å²) in [6.45, 7) is 1.60. The van der Waals surface area contributed by atoms with Gasteiger partial charge in [-0.15, -0.1) is 0 Å². The molecule has 2 aromatic rings. The van der Waals surface area contributed by atoms with E-state index in [0.29, 0.717) is 17.3 Å². The first kappa shape index (κ1) is 14.9. The van der Waals surface area contributed by atoms with Crippen LogP contribution < -0.4 is 10.1 Å². The Hall–Kier alpha value is -1.49. The Kier molecular flexibility index (Phi) is 5.47. The molecule has 0 aliphatic carbocycles. The molecule has 4 nitrogen and oxygen atoms in total. The predicted octanol–water partition coefficient (Wildman–Crippen LogP) is 3.08. The molecule has 0 spiro atoms. The Bertz CT molecular complexity index is 554. The number of ether oxygens (including phenoxy) is 1. The van der Waals surface area contributed by atoms with Crippen molar-refractivity contribution in [1.29, 1.82) is 0 Å². The number of aliphatic hydroxyl groups is 1. The normalized spacial score (nSPS) is 10.8. The van der Waals surface area contributed by atoms with E-state index in [1.165, 1.54) is 0 Å². The third-order valence-corrected chi connectivity index (χ3v) is 3.20. The number of rotatable bonds is 7. The molecule has 0 fully saturated rings. The molecule has 2 rings (SSSR count). The van der Waals surface area contributed by atoms with Crippen LogP contribution in [0.15, 0.2) is 34.7 Å². The lowest BCUT2D eigenvalue weighted by molar-refractivity contribution is 0.285. The van der Waals surface area contributed by atoms with Crippen LogP contribution >= 0.6 is 11.6 Å². The molecule has 108 valence electrons. The summed E-state index contributed by atoms with van der Waals surface area (Å²) in [6, 6.07) is 9.40. The maximum absolute atomic E-state index is 8.70. The molecule has 0 atom stereocenters. The minimum absolute atomic E-state index is 0.195. The zero-order chi connectivity index (χ0) is 14.4. The molecule has 5 heteroatoms. The highest BCUT2D eigenvalue weighted by atomic mass is 35.5. The molecular weight excluding hydrogens is 278 g/mol. The number of aliphatic hydroxyl groups excluding tert-OH is 1. The van der Waals surface area contributed by atoms with Crippen LogP contribution in [0.2, 0.25) is 5.02 Å². The molecule has 0 bridgehead atoms. The van der Waals surface area contributed by atoms with Crippen molar-refractivity contribution in [1.82, 2.24) is 5.32 Å². The Balaban J connectivity index is 2.03. The van der Waals surface area contributed by atoms with Crippen LogP contribution in [-0.4, -0.2) is 25.4 Å². The highest BCUT2D eigenvalue weighted by Crippen LogP contribution is 2.30. The number of halogens is 1. The van der Waals surface area contributed by atoms with Gasteiger partial charge in [0.1, 0.15) is 17.3 Å². The molecule has 0 radical (unpaired) electrons. The molecule has 0 saturated carbocycles. The SMILES string of the molecule is COc1ccc(-c2ccc(CNCCCO)o2)cc1Cl. The quantitative estimate of drug-likeness (QED) is 0.771.